The van der Waals surface area contributed by atoms with Crippen molar-refractivity contribution in [2.45, 2.75) is 0 Å². The molecule has 40 valence electrons. The summed E-state index contributed by atoms with van der Waals surface area (Å²) in [7, 11) is -5.39. The van der Waals surface area contributed by atoms with Gasteiger partial charge in [0.1, 0.15) is 0 Å². The van der Waals surface area contributed by atoms with Gasteiger partial charge in [-0.25, -0.2) is 0 Å². The molecule has 7 heteroatoms. The van der Waals surface area contributed by atoms with E-state index in [-0.39, 0.29) is 35.9 Å². The summed E-state index contributed by atoms with van der Waals surface area (Å²) >= 11 is 0. The Labute approximate surface area is 63.2 Å². The normalized spacial score (nSPS) is 8.43. The minimum absolute atomic E-state index is 0. The van der Waals surface area contributed by atoms with Gasteiger partial charge in [0.05, 0.1) is 0 Å². The summed E-state index contributed by atoms with van der Waals surface area (Å²) in [5.74, 6) is 0. The number of phosphoric acid groups is 1. The van der Waals surface area contributed by atoms with Gasteiger partial charge in [0.2, 0.25) is 0 Å². The molecular weight excluding hydrogens is 198 g/mol. The van der Waals surface area contributed by atoms with Gasteiger partial charge < -0.3 is 19.2 Å². The predicted molar refractivity (Wildman–Crippen MR) is 7.61 cm³/mol. The fourth-order valence-corrected chi connectivity index (χ4v) is 0. The van der Waals surface area contributed by atoms with Crippen LogP contribution < -0.4 is 14.7 Å². The van der Waals surface area contributed by atoms with Gasteiger partial charge in [0.25, 0.3) is 0 Å². The molecule has 0 aromatic heterocycles. The zero-order valence-corrected chi connectivity index (χ0v) is 6.50. The number of hydrogen-bond donors (Lipinski definition) is 0. The van der Waals surface area contributed by atoms with Crippen molar-refractivity contribution in [3.8, 4) is 0 Å². The van der Waals surface area contributed by atoms with Gasteiger partial charge in [-0.2, -0.15) is 7.82 Å². The summed E-state index contributed by atoms with van der Waals surface area (Å²) in [6.45, 7) is 0. The molecule has 0 aliphatic carbocycles. The maximum Gasteiger partial charge on any atom is 3.00 e. The Balaban J connectivity index is -0.0000000800. The van der Waals surface area contributed by atoms with Crippen molar-refractivity contribution in [3.63, 3.8) is 0 Å². The summed E-state index contributed by atoms with van der Waals surface area (Å²) in [5.41, 5.74) is 0. The first kappa shape index (κ1) is 15.7. The van der Waals surface area contributed by atoms with E-state index in [1.165, 1.54) is 0 Å². The van der Waals surface area contributed by atoms with Crippen LogP contribution in [0.1, 0.15) is 0 Å². The Morgan fingerprint density at radius 2 is 1.14 bits per heavy atom. The summed E-state index contributed by atoms with van der Waals surface area (Å²) in [4.78, 5) is 25.6. The zero-order chi connectivity index (χ0) is 4.50. The van der Waals surface area contributed by atoms with Crippen molar-refractivity contribution in [2.24, 2.45) is 0 Å². The Bertz CT molecular complexity index is 57.8. The van der Waals surface area contributed by atoms with Crippen molar-refractivity contribution in [1.82, 2.24) is 0 Å². The minimum atomic E-state index is -5.39. The number of hydrogen-bond acceptors (Lipinski definition) is 4. The van der Waals surface area contributed by atoms with Crippen molar-refractivity contribution in [2.75, 3.05) is 0 Å². The third-order valence-corrected chi connectivity index (χ3v) is 0. The largest absolute Gasteiger partial charge is 3.00 e. The minimum Gasteiger partial charge on any atom is -0.822 e. The molecule has 0 heterocycles. The molecule has 0 saturated heterocycles. The third kappa shape index (κ3) is 131. The van der Waals surface area contributed by atoms with Crippen molar-refractivity contribution < 1.29 is 55.2 Å². The van der Waals surface area contributed by atoms with Crippen molar-refractivity contribution in [3.05, 3.63) is 0 Å². The topological polar surface area (TPSA) is 86.2 Å². The van der Waals surface area contributed by atoms with Crippen LogP contribution in [0, 0.1) is 0 Å². The quantitative estimate of drug-likeness (QED) is 0.392. The van der Waals surface area contributed by atoms with Crippen LogP contribution in [0.2, 0.25) is 0 Å². The third-order valence-electron chi connectivity index (χ3n) is 0. The summed E-state index contributed by atoms with van der Waals surface area (Å²) in [6, 6.07) is 0. The van der Waals surface area contributed by atoms with Crippen LogP contribution in [0.3, 0.4) is 0 Å². The average Bonchev–Trinajstić information content (AvgIpc) is 0.722. The molecule has 0 aliphatic heterocycles. The van der Waals surface area contributed by atoms with Crippen LogP contribution in [0.5, 0.6) is 0 Å². The van der Waals surface area contributed by atoms with E-state index >= 15 is 0 Å². The standard InChI is InChI=1S/Cr.H3O4P.V/c;1-5(2,3)4;/h;(H3,1,2,3,4);/q+3;;/p-3. The van der Waals surface area contributed by atoms with E-state index in [1.54, 1.807) is 0 Å². The molecule has 0 aromatic rings. The molecule has 0 N–H and O–H groups in total. The van der Waals surface area contributed by atoms with Crippen LogP contribution in [-0.4, -0.2) is 0 Å². The fourth-order valence-electron chi connectivity index (χ4n) is 0. The average molecular weight is 198 g/mol. The molecule has 0 fully saturated rings. The molecule has 2 radical (unpaired) electrons. The second kappa shape index (κ2) is 5.37. The second-order valence-corrected chi connectivity index (χ2v) is 1.34. The maximum atomic E-state index is 8.55. The second-order valence-electron chi connectivity index (χ2n) is 0.447. The van der Waals surface area contributed by atoms with E-state index < -0.39 is 7.82 Å². The van der Waals surface area contributed by atoms with E-state index in [9.17, 15) is 0 Å². The molecular formula is CrO4PV. The molecule has 7 heavy (non-hydrogen) atoms. The molecule has 0 aromatic carbocycles. The van der Waals surface area contributed by atoms with Crippen LogP contribution in [0.25, 0.3) is 0 Å². The van der Waals surface area contributed by atoms with Crippen LogP contribution in [0.4, 0.5) is 0 Å². The fraction of sp³-hybridized carbons (Fsp3) is 0. The first-order valence-corrected chi connectivity index (χ1v) is 2.19. The molecule has 0 unspecified atom stereocenters. The van der Waals surface area contributed by atoms with Crippen molar-refractivity contribution >= 4 is 7.82 Å². The number of rotatable bonds is 0. The maximum absolute atomic E-state index is 8.55. The van der Waals surface area contributed by atoms with E-state index in [4.69, 9.17) is 19.2 Å². The van der Waals surface area contributed by atoms with E-state index in [1.807, 2.05) is 0 Å². The molecule has 0 aliphatic rings. The van der Waals surface area contributed by atoms with Gasteiger partial charge in [-0.05, 0) is 0 Å². The van der Waals surface area contributed by atoms with Gasteiger partial charge in [0.15, 0.2) is 0 Å². The van der Waals surface area contributed by atoms with Gasteiger partial charge in [-0.1, -0.05) is 0 Å². The zero-order valence-electron chi connectivity index (χ0n) is 2.94. The predicted octanol–water partition coefficient (Wildman–Crippen LogP) is -2.83. The van der Waals surface area contributed by atoms with Gasteiger partial charge in [-0.3, -0.25) is 0 Å². The van der Waals surface area contributed by atoms with E-state index in [0.717, 1.165) is 0 Å². The molecule has 0 atom stereocenters. The molecule has 0 amide bonds. The first-order valence-electron chi connectivity index (χ1n) is 0.730. The van der Waals surface area contributed by atoms with E-state index in [0.29, 0.717) is 0 Å². The SMILES string of the molecule is O=P([O-])([O-])[O-].[Cr+3].[V]. The summed E-state index contributed by atoms with van der Waals surface area (Å²) in [5, 5.41) is 0. The van der Waals surface area contributed by atoms with E-state index in [2.05, 4.69) is 0 Å². The van der Waals surface area contributed by atoms with Gasteiger partial charge in [-0.15, -0.1) is 0 Å². The Hall–Kier alpha value is 1.23. The molecule has 0 bridgehead atoms. The smallest absolute Gasteiger partial charge is 0.822 e. The van der Waals surface area contributed by atoms with Crippen molar-refractivity contribution in [1.29, 1.82) is 0 Å². The Morgan fingerprint density at radius 3 is 1.14 bits per heavy atom. The summed E-state index contributed by atoms with van der Waals surface area (Å²) < 4.78 is 8.55. The van der Waals surface area contributed by atoms with Crippen LogP contribution in [-0.2, 0) is 40.5 Å². The molecule has 0 spiro atoms. The molecule has 4 nitrogen and oxygen atoms in total. The molecule has 0 saturated carbocycles. The van der Waals surface area contributed by atoms with Crippen LogP contribution >= 0.6 is 7.82 Å². The monoisotopic (exact) mass is 198 g/mol. The van der Waals surface area contributed by atoms with Gasteiger partial charge >= 0.3 is 17.4 Å². The Morgan fingerprint density at radius 1 is 1.14 bits per heavy atom. The van der Waals surface area contributed by atoms with Gasteiger partial charge in [0, 0.05) is 18.6 Å². The van der Waals surface area contributed by atoms with Crippen LogP contribution in [0.15, 0.2) is 0 Å². The molecule has 0 rings (SSSR count). The first-order chi connectivity index (χ1) is 2.00. The Kier molecular flexibility index (Phi) is 12.1. The summed E-state index contributed by atoms with van der Waals surface area (Å²) in [6.07, 6.45) is 0.